The Labute approximate surface area is 129 Å². The quantitative estimate of drug-likeness (QED) is 0.836. The van der Waals surface area contributed by atoms with Gasteiger partial charge in [0.05, 0.1) is 22.6 Å². The number of rotatable bonds is 2. The molecule has 0 spiro atoms. The van der Waals surface area contributed by atoms with Crippen LogP contribution in [0.2, 0.25) is 5.02 Å². The summed E-state index contributed by atoms with van der Waals surface area (Å²) in [6, 6.07) is 3.94. The number of fused-ring (bicyclic) bond motifs is 1. The lowest BCUT2D eigenvalue weighted by Gasteiger charge is -2.20. The average molecular weight is 325 g/mol. The first kappa shape index (κ1) is 14.0. The third-order valence-electron chi connectivity index (χ3n) is 2.99. The highest BCUT2D eigenvalue weighted by atomic mass is 35.5. The zero-order chi connectivity index (χ0) is 14.8. The first-order chi connectivity index (χ1) is 10.1. The molecule has 0 unspecified atom stereocenters. The van der Waals surface area contributed by atoms with E-state index in [1.807, 2.05) is 0 Å². The molecule has 7 heteroatoms. The zero-order valence-electron chi connectivity index (χ0n) is 10.8. The van der Waals surface area contributed by atoms with E-state index in [0.717, 1.165) is 10.6 Å². The zero-order valence-corrected chi connectivity index (χ0v) is 12.3. The van der Waals surface area contributed by atoms with Crippen LogP contribution in [0.5, 0.6) is 0 Å². The standard InChI is InChI=1S/C14H10ClFN2O2S/c15-11-2-1-10(16)5-9(11)7-20-14(19)18-4-3-12-13(6-18)21-8-17-12/h1-5,8H,6-7H2. The van der Waals surface area contributed by atoms with Gasteiger partial charge in [0.1, 0.15) is 12.4 Å². The molecule has 1 aromatic carbocycles. The monoisotopic (exact) mass is 324 g/mol. The number of nitrogens with zero attached hydrogens (tertiary/aromatic N) is 2. The first-order valence-corrected chi connectivity index (χ1v) is 7.37. The minimum Gasteiger partial charge on any atom is -0.444 e. The van der Waals surface area contributed by atoms with Gasteiger partial charge in [-0.15, -0.1) is 11.3 Å². The SMILES string of the molecule is O=C(OCc1cc(F)ccc1Cl)N1C=Cc2ncsc2C1. The van der Waals surface area contributed by atoms with E-state index in [-0.39, 0.29) is 6.61 Å². The van der Waals surface area contributed by atoms with E-state index in [4.69, 9.17) is 16.3 Å². The Balaban J connectivity index is 1.64. The van der Waals surface area contributed by atoms with Crippen molar-refractivity contribution in [3.8, 4) is 0 Å². The van der Waals surface area contributed by atoms with E-state index in [0.29, 0.717) is 17.1 Å². The smallest absolute Gasteiger partial charge is 0.414 e. The number of carbonyl (C=O) groups is 1. The summed E-state index contributed by atoms with van der Waals surface area (Å²) < 4.78 is 18.3. The van der Waals surface area contributed by atoms with E-state index in [9.17, 15) is 9.18 Å². The summed E-state index contributed by atoms with van der Waals surface area (Å²) in [7, 11) is 0. The van der Waals surface area contributed by atoms with Gasteiger partial charge in [-0.3, -0.25) is 4.90 Å². The van der Waals surface area contributed by atoms with Gasteiger partial charge in [-0.2, -0.15) is 0 Å². The number of thiazole rings is 1. The number of halogens is 2. The predicted molar refractivity (Wildman–Crippen MR) is 78.3 cm³/mol. The van der Waals surface area contributed by atoms with Gasteiger partial charge in [-0.1, -0.05) is 11.6 Å². The average Bonchev–Trinajstić information content (AvgIpc) is 2.95. The summed E-state index contributed by atoms with van der Waals surface area (Å²) in [5, 5.41) is 0.364. The highest BCUT2D eigenvalue weighted by Gasteiger charge is 2.20. The van der Waals surface area contributed by atoms with Crippen LogP contribution in [-0.2, 0) is 17.9 Å². The molecule has 108 valence electrons. The molecule has 0 saturated heterocycles. The predicted octanol–water partition coefficient (Wildman–Crippen LogP) is 4.06. The number of hydrogen-bond acceptors (Lipinski definition) is 4. The van der Waals surface area contributed by atoms with Crippen molar-refractivity contribution < 1.29 is 13.9 Å². The topological polar surface area (TPSA) is 42.4 Å². The van der Waals surface area contributed by atoms with E-state index >= 15 is 0 Å². The number of benzene rings is 1. The van der Waals surface area contributed by atoms with Crippen molar-refractivity contribution in [3.05, 3.63) is 56.9 Å². The lowest BCUT2D eigenvalue weighted by molar-refractivity contribution is 0.109. The second-order valence-electron chi connectivity index (χ2n) is 4.39. The lowest BCUT2D eigenvalue weighted by atomic mass is 10.2. The fraction of sp³-hybridized carbons (Fsp3) is 0.143. The van der Waals surface area contributed by atoms with E-state index < -0.39 is 11.9 Å². The largest absolute Gasteiger partial charge is 0.444 e. The van der Waals surface area contributed by atoms with Crippen LogP contribution in [0.3, 0.4) is 0 Å². The summed E-state index contributed by atoms with van der Waals surface area (Å²) in [5.74, 6) is -0.419. The Morgan fingerprint density at radius 2 is 2.38 bits per heavy atom. The minimum absolute atomic E-state index is 0.0741. The maximum atomic E-state index is 13.1. The molecular formula is C14H10ClFN2O2S. The first-order valence-electron chi connectivity index (χ1n) is 6.11. The highest BCUT2D eigenvalue weighted by molar-refractivity contribution is 7.09. The molecule has 0 fully saturated rings. The Hall–Kier alpha value is -1.92. The molecule has 3 rings (SSSR count). The summed E-state index contributed by atoms with van der Waals surface area (Å²) in [6.07, 6.45) is 2.87. The number of aromatic nitrogens is 1. The molecule has 0 atom stereocenters. The van der Waals surface area contributed by atoms with Crippen LogP contribution < -0.4 is 0 Å². The van der Waals surface area contributed by atoms with Crippen molar-refractivity contribution in [2.75, 3.05) is 0 Å². The van der Waals surface area contributed by atoms with Gasteiger partial charge in [0, 0.05) is 16.8 Å². The Bertz CT molecular complexity index is 717. The van der Waals surface area contributed by atoms with Crippen molar-refractivity contribution in [3.63, 3.8) is 0 Å². The molecule has 1 aliphatic heterocycles. The molecule has 1 amide bonds. The van der Waals surface area contributed by atoms with Crippen molar-refractivity contribution in [2.45, 2.75) is 13.2 Å². The van der Waals surface area contributed by atoms with Crippen LogP contribution in [0, 0.1) is 5.82 Å². The van der Waals surface area contributed by atoms with Gasteiger partial charge >= 0.3 is 6.09 Å². The Kier molecular flexibility index (Phi) is 3.90. The van der Waals surface area contributed by atoms with Gasteiger partial charge in [-0.25, -0.2) is 14.2 Å². The minimum atomic E-state index is -0.509. The van der Waals surface area contributed by atoms with Crippen molar-refractivity contribution >= 4 is 35.1 Å². The number of ether oxygens (including phenoxy) is 1. The molecular weight excluding hydrogens is 315 g/mol. The maximum Gasteiger partial charge on any atom is 0.414 e. The fourth-order valence-electron chi connectivity index (χ4n) is 1.90. The molecule has 0 radical (unpaired) electrons. The normalized spacial score (nSPS) is 13.1. The van der Waals surface area contributed by atoms with Crippen LogP contribution in [-0.4, -0.2) is 16.0 Å². The summed E-state index contributed by atoms with van der Waals surface area (Å²) in [4.78, 5) is 18.6. The fourth-order valence-corrected chi connectivity index (χ4v) is 2.82. The van der Waals surface area contributed by atoms with Gasteiger partial charge in [-0.05, 0) is 24.3 Å². The molecule has 1 aliphatic rings. The molecule has 21 heavy (non-hydrogen) atoms. The molecule has 0 N–H and O–H groups in total. The molecule has 1 aromatic heterocycles. The molecule has 0 bridgehead atoms. The third-order valence-corrected chi connectivity index (χ3v) is 4.19. The van der Waals surface area contributed by atoms with Crippen LogP contribution in [0.1, 0.15) is 16.1 Å². The second kappa shape index (κ2) is 5.83. The second-order valence-corrected chi connectivity index (χ2v) is 5.74. The van der Waals surface area contributed by atoms with Crippen molar-refractivity contribution in [2.24, 2.45) is 0 Å². The van der Waals surface area contributed by atoms with Gasteiger partial charge < -0.3 is 4.74 Å². The van der Waals surface area contributed by atoms with Crippen LogP contribution in [0.4, 0.5) is 9.18 Å². The van der Waals surface area contributed by atoms with E-state index in [2.05, 4.69) is 4.98 Å². The number of carbonyl (C=O) groups excluding carboxylic acids is 1. The Morgan fingerprint density at radius 3 is 3.24 bits per heavy atom. The van der Waals surface area contributed by atoms with Crippen LogP contribution in [0.15, 0.2) is 29.9 Å². The molecule has 2 heterocycles. The summed E-state index contributed by atoms with van der Waals surface area (Å²) in [6.45, 7) is 0.349. The summed E-state index contributed by atoms with van der Waals surface area (Å²) in [5.41, 5.74) is 3.04. The van der Waals surface area contributed by atoms with Crippen LogP contribution in [0.25, 0.3) is 6.08 Å². The van der Waals surface area contributed by atoms with Crippen molar-refractivity contribution in [1.29, 1.82) is 0 Å². The summed E-state index contributed by atoms with van der Waals surface area (Å²) >= 11 is 7.41. The maximum absolute atomic E-state index is 13.1. The van der Waals surface area contributed by atoms with Crippen molar-refractivity contribution in [1.82, 2.24) is 9.88 Å². The van der Waals surface area contributed by atoms with E-state index in [1.165, 1.54) is 34.4 Å². The lowest BCUT2D eigenvalue weighted by Crippen LogP contribution is -2.27. The van der Waals surface area contributed by atoms with Gasteiger partial charge in [0.25, 0.3) is 0 Å². The van der Waals surface area contributed by atoms with E-state index in [1.54, 1.807) is 17.8 Å². The number of amides is 1. The molecule has 4 nitrogen and oxygen atoms in total. The molecule has 2 aromatic rings. The van der Waals surface area contributed by atoms with Crippen LogP contribution >= 0.6 is 22.9 Å². The highest BCUT2D eigenvalue weighted by Crippen LogP contribution is 2.23. The number of hydrogen-bond donors (Lipinski definition) is 0. The molecule has 0 saturated carbocycles. The van der Waals surface area contributed by atoms with Gasteiger partial charge in [0.15, 0.2) is 0 Å². The third kappa shape index (κ3) is 3.06. The Morgan fingerprint density at radius 1 is 1.52 bits per heavy atom. The molecule has 0 aliphatic carbocycles. The van der Waals surface area contributed by atoms with Gasteiger partial charge in [0.2, 0.25) is 0 Å².